The Balaban J connectivity index is 2.18. The van der Waals surface area contributed by atoms with E-state index in [1.165, 1.54) is 18.5 Å². The molecule has 2 rings (SSSR count). The predicted octanol–water partition coefficient (Wildman–Crippen LogP) is 3.30. The second kappa shape index (κ2) is 6.25. The standard InChI is InChI=1S/C14H12F3N3O/c15-14(16,17)13-7-11(3-5-20-13)21-12-6-10(2-1-4-18)8-19-9-12/h1,3-9H,2,18H2. The first-order valence-electron chi connectivity index (χ1n) is 6.01. The van der Waals surface area contributed by atoms with Gasteiger partial charge in [-0.05, 0) is 30.3 Å². The van der Waals surface area contributed by atoms with E-state index in [4.69, 9.17) is 10.5 Å². The lowest BCUT2D eigenvalue weighted by atomic mass is 10.2. The summed E-state index contributed by atoms with van der Waals surface area (Å²) in [5.74, 6) is 0.392. The number of allylic oxidation sites excluding steroid dienone is 1. The van der Waals surface area contributed by atoms with Gasteiger partial charge in [0, 0.05) is 18.5 Å². The summed E-state index contributed by atoms with van der Waals surface area (Å²) in [6.45, 7) is 0. The Hall–Kier alpha value is -2.57. The minimum Gasteiger partial charge on any atom is -0.456 e. The third-order valence-electron chi connectivity index (χ3n) is 2.52. The molecule has 2 N–H and O–H groups in total. The van der Waals surface area contributed by atoms with Crippen LogP contribution < -0.4 is 10.5 Å². The number of pyridine rings is 2. The highest BCUT2D eigenvalue weighted by Crippen LogP contribution is 2.30. The molecule has 0 aliphatic carbocycles. The number of rotatable bonds is 4. The second-order valence-electron chi connectivity index (χ2n) is 4.14. The fourth-order valence-electron chi connectivity index (χ4n) is 1.60. The zero-order valence-corrected chi connectivity index (χ0v) is 10.8. The van der Waals surface area contributed by atoms with Crippen molar-refractivity contribution in [2.24, 2.45) is 5.73 Å². The Bertz CT molecular complexity index is 641. The normalized spacial score (nSPS) is 11.8. The lowest BCUT2D eigenvalue weighted by molar-refractivity contribution is -0.141. The van der Waals surface area contributed by atoms with Crippen LogP contribution in [0.5, 0.6) is 11.5 Å². The molecule has 4 nitrogen and oxygen atoms in total. The van der Waals surface area contributed by atoms with Gasteiger partial charge in [-0.2, -0.15) is 13.2 Å². The fraction of sp³-hybridized carbons (Fsp3) is 0.143. The summed E-state index contributed by atoms with van der Waals surface area (Å²) in [6.07, 6.45) is 3.29. The zero-order valence-electron chi connectivity index (χ0n) is 10.8. The molecule has 0 bridgehead atoms. The van der Waals surface area contributed by atoms with Crippen LogP contribution in [0.3, 0.4) is 0 Å². The van der Waals surface area contributed by atoms with Gasteiger partial charge in [-0.15, -0.1) is 0 Å². The summed E-state index contributed by atoms with van der Waals surface area (Å²) in [5, 5.41) is 0. The van der Waals surface area contributed by atoms with Gasteiger partial charge in [0.25, 0.3) is 0 Å². The van der Waals surface area contributed by atoms with Gasteiger partial charge >= 0.3 is 6.18 Å². The van der Waals surface area contributed by atoms with Crippen LogP contribution in [0, 0.1) is 0 Å². The first-order valence-corrected chi connectivity index (χ1v) is 6.01. The molecule has 110 valence electrons. The van der Waals surface area contributed by atoms with Crippen molar-refractivity contribution in [3.8, 4) is 11.5 Å². The van der Waals surface area contributed by atoms with Crippen LogP contribution in [0.25, 0.3) is 0 Å². The summed E-state index contributed by atoms with van der Waals surface area (Å²) in [5.41, 5.74) is 5.08. The van der Waals surface area contributed by atoms with Gasteiger partial charge < -0.3 is 10.5 Å². The topological polar surface area (TPSA) is 61.0 Å². The monoisotopic (exact) mass is 295 g/mol. The number of ether oxygens (including phenoxy) is 1. The quantitative estimate of drug-likeness (QED) is 0.940. The van der Waals surface area contributed by atoms with Crippen molar-refractivity contribution in [2.45, 2.75) is 12.6 Å². The van der Waals surface area contributed by atoms with Crippen LogP contribution in [-0.2, 0) is 12.6 Å². The third-order valence-corrected chi connectivity index (χ3v) is 2.52. The van der Waals surface area contributed by atoms with Gasteiger partial charge in [0.05, 0.1) is 6.20 Å². The Morgan fingerprint density at radius 3 is 2.71 bits per heavy atom. The van der Waals surface area contributed by atoms with Crippen LogP contribution >= 0.6 is 0 Å². The van der Waals surface area contributed by atoms with Crippen molar-refractivity contribution >= 4 is 0 Å². The van der Waals surface area contributed by atoms with Gasteiger partial charge in [-0.1, -0.05) is 6.08 Å². The average Bonchev–Trinajstić information content (AvgIpc) is 2.45. The molecule has 0 aliphatic rings. The van der Waals surface area contributed by atoms with Gasteiger partial charge in [0.2, 0.25) is 0 Å². The molecule has 0 saturated heterocycles. The molecule has 0 atom stereocenters. The molecule has 7 heteroatoms. The van der Waals surface area contributed by atoms with Crippen LogP contribution in [0.4, 0.5) is 13.2 Å². The maximum absolute atomic E-state index is 12.6. The second-order valence-corrected chi connectivity index (χ2v) is 4.14. The van der Waals surface area contributed by atoms with Crippen molar-refractivity contribution in [3.05, 3.63) is 60.3 Å². The fourth-order valence-corrected chi connectivity index (χ4v) is 1.60. The summed E-state index contributed by atoms with van der Waals surface area (Å²) < 4.78 is 43.1. The third kappa shape index (κ3) is 4.20. The number of halogens is 3. The van der Waals surface area contributed by atoms with Gasteiger partial charge in [0.15, 0.2) is 0 Å². The van der Waals surface area contributed by atoms with E-state index < -0.39 is 11.9 Å². The van der Waals surface area contributed by atoms with E-state index in [1.54, 1.807) is 18.3 Å². The van der Waals surface area contributed by atoms with Crippen molar-refractivity contribution in [2.75, 3.05) is 0 Å². The van der Waals surface area contributed by atoms with Crippen LogP contribution in [0.15, 0.2) is 49.1 Å². The molecule has 0 radical (unpaired) electrons. The van der Waals surface area contributed by atoms with E-state index >= 15 is 0 Å². The van der Waals surface area contributed by atoms with Gasteiger partial charge in [-0.25, -0.2) is 0 Å². The number of nitrogens with zero attached hydrogens (tertiary/aromatic N) is 2. The number of aromatic nitrogens is 2. The summed E-state index contributed by atoms with van der Waals surface area (Å²) in [7, 11) is 0. The summed E-state index contributed by atoms with van der Waals surface area (Å²) >= 11 is 0. The lowest BCUT2D eigenvalue weighted by Gasteiger charge is -2.09. The van der Waals surface area contributed by atoms with Crippen LogP contribution in [0.1, 0.15) is 11.3 Å². The molecule has 2 aromatic rings. The smallest absolute Gasteiger partial charge is 0.433 e. The highest BCUT2D eigenvalue weighted by molar-refractivity contribution is 5.32. The largest absolute Gasteiger partial charge is 0.456 e. The van der Waals surface area contributed by atoms with Gasteiger partial charge in [0.1, 0.15) is 17.2 Å². The Morgan fingerprint density at radius 1 is 1.19 bits per heavy atom. The molecule has 21 heavy (non-hydrogen) atoms. The van der Waals surface area contributed by atoms with Gasteiger partial charge in [-0.3, -0.25) is 9.97 Å². The maximum Gasteiger partial charge on any atom is 0.433 e. The minimum atomic E-state index is -4.51. The van der Waals surface area contributed by atoms with Crippen molar-refractivity contribution in [1.82, 2.24) is 9.97 Å². The summed E-state index contributed by atoms with van der Waals surface area (Å²) in [6, 6.07) is 3.87. The number of hydrogen-bond acceptors (Lipinski definition) is 4. The van der Waals surface area contributed by atoms with Crippen molar-refractivity contribution in [1.29, 1.82) is 0 Å². The molecule has 0 unspecified atom stereocenters. The molecule has 0 saturated carbocycles. The molecule has 0 aromatic carbocycles. The minimum absolute atomic E-state index is 0.0469. The maximum atomic E-state index is 12.6. The van der Waals surface area contributed by atoms with E-state index in [0.29, 0.717) is 12.2 Å². The highest BCUT2D eigenvalue weighted by atomic mass is 19.4. The molecule has 0 aliphatic heterocycles. The lowest BCUT2D eigenvalue weighted by Crippen LogP contribution is -2.07. The van der Waals surface area contributed by atoms with E-state index in [9.17, 15) is 13.2 Å². The van der Waals surface area contributed by atoms with Crippen molar-refractivity contribution < 1.29 is 17.9 Å². The number of nitrogens with two attached hydrogens (primary N) is 1. The average molecular weight is 295 g/mol. The van der Waals surface area contributed by atoms with E-state index in [1.807, 2.05) is 0 Å². The SMILES string of the molecule is NC=CCc1cncc(Oc2ccnc(C(F)(F)F)c2)c1. The van der Waals surface area contributed by atoms with E-state index in [2.05, 4.69) is 9.97 Å². The molecule has 0 spiro atoms. The Kier molecular flexibility index (Phi) is 4.42. The molecule has 2 heterocycles. The van der Waals surface area contributed by atoms with Crippen LogP contribution in [0.2, 0.25) is 0 Å². The van der Waals surface area contributed by atoms with Crippen LogP contribution in [-0.4, -0.2) is 9.97 Å². The molecular formula is C14H12F3N3O. The Morgan fingerprint density at radius 2 is 2.00 bits per heavy atom. The summed E-state index contributed by atoms with van der Waals surface area (Å²) in [4.78, 5) is 7.23. The predicted molar refractivity (Wildman–Crippen MR) is 70.6 cm³/mol. The number of hydrogen-bond donors (Lipinski definition) is 1. The molecular weight excluding hydrogens is 283 g/mol. The Labute approximate surface area is 119 Å². The molecule has 0 amide bonds. The van der Waals surface area contributed by atoms with E-state index in [0.717, 1.165) is 17.8 Å². The zero-order chi connectivity index (χ0) is 15.3. The number of alkyl halides is 3. The first-order chi connectivity index (χ1) is 9.99. The molecule has 0 fully saturated rings. The van der Waals surface area contributed by atoms with E-state index in [-0.39, 0.29) is 5.75 Å². The first kappa shape index (κ1) is 14.8. The molecule has 2 aromatic heterocycles. The van der Waals surface area contributed by atoms with Crippen molar-refractivity contribution in [3.63, 3.8) is 0 Å². The highest BCUT2D eigenvalue weighted by Gasteiger charge is 2.32.